The van der Waals surface area contributed by atoms with E-state index in [2.05, 4.69) is 15.3 Å². The summed E-state index contributed by atoms with van der Waals surface area (Å²) in [7, 11) is 3.18. The van der Waals surface area contributed by atoms with Crippen molar-refractivity contribution in [3.05, 3.63) is 45.1 Å². The number of imidazole rings is 1. The first-order chi connectivity index (χ1) is 11.0. The molecule has 0 radical (unpaired) electrons. The molecule has 0 aliphatic rings. The number of nitrogens with zero attached hydrogens (tertiary/aromatic N) is 3. The predicted octanol–water partition coefficient (Wildman–Crippen LogP) is 1.20. The summed E-state index contributed by atoms with van der Waals surface area (Å²) in [6, 6.07) is 7.34. The Morgan fingerprint density at radius 3 is 2.57 bits per heavy atom. The summed E-state index contributed by atoms with van der Waals surface area (Å²) in [5.41, 5.74) is 0.582. The van der Waals surface area contributed by atoms with E-state index in [4.69, 9.17) is 4.74 Å². The Hall–Kier alpha value is -3.03. The van der Waals surface area contributed by atoms with Gasteiger partial charge >= 0.3 is 5.69 Å². The highest BCUT2D eigenvalue weighted by molar-refractivity contribution is 5.75. The third-order valence-corrected chi connectivity index (χ3v) is 3.67. The molecule has 0 spiro atoms. The first-order valence-corrected chi connectivity index (χ1v) is 7.15. The number of methoxy groups -OCH3 is 1. The van der Waals surface area contributed by atoms with E-state index in [1.165, 1.54) is 4.57 Å². The van der Waals surface area contributed by atoms with E-state index in [1.807, 2.05) is 31.2 Å². The second-order valence-corrected chi connectivity index (χ2v) is 5.02. The van der Waals surface area contributed by atoms with Crippen molar-refractivity contribution < 1.29 is 4.74 Å². The number of fused-ring (bicyclic) bond motifs is 1. The molecule has 3 aromatic rings. The van der Waals surface area contributed by atoms with Gasteiger partial charge in [0.05, 0.1) is 7.11 Å². The van der Waals surface area contributed by atoms with Gasteiger partial charge in [0.15, 0.2) is 11.2 Å². The summed E-state index contributed by atoms with van der Waals surface area (Å²) in [6.45, 7) is 2.45. The van der Waals surface area contributed by atoms with Crippen LogP contribution in [0.3, 0.4) is 0 Å². The SMILES string of the molecule is CCn1c(Nc2ccc(OC)cc2)nc2c1c(=O)[nH]c(=O)n2C. The molecule has 8 nitrogen and oxygen atoms in total. The zero-order valence-corrected chi connectivity index (χ0v) is 13.1. The highest BCUT2D eigenvalue weighted by Gasteiger charge is 2.16. The first-order valence-electron chi connectivity index (χ1n) is 7.15. The van der Waals surface area contributed by atoms with Crippen molar-refractivity contribution in [3.8, 4) is 5.75 Å². The lowest BCUT2D eigenvalue weighted by Crippen LogP contribution is -2.29. The number of rotatable bonds is 4. The van der Waals surface area contributed by atoms with Crippen LogP contribution in [0.1, 0.15) is 6.92 Å². The molecule has 3 rings (SSSR count). The maximum absolute atomic E-state index is 12.1. The van der Waals surface area contributed by atoms with Gasteiger partial charge in [-0.05, 0) is 31.2 Å². The molecule has 1 aromatic carbocycles. The highest BCUT2D eigenvalue weighted by Crippen LogP contribution is 2.21. The highest BCUT2D eigenvalue weighted by atomic mass is 16.5. The van der Waals surface area contributed by atoms with Crippen LogP contribution in [0.4, 0.5) is 11.6 Å². The lowest BCUT2D eigenvalue weighted by atomic mass is 10.3. The minimum atomic E-state index is -0.487. The van der Waals surface area contributed by atoms with Gasteiger partial charge in [-0.25, -0.2) is 4.79 Å². The minimum absolute atomic E-state index is 0.344. The van der Waals surface area contributed by atoms with Crippen LogP contribution in [0.25, 0.3) is 11.2 Å². The number of aromatic amines is 1. The fourth-order valence-corrected chi connectivity index (χ4v) is 2.44. The molecule has 0 aliphatic heterocycles. The third-order valence-electron chi connectivity index (χ3n) is 3.67. The molecule has 120 valence electrons. The maximum atomic E-state index is 12.1. The summed E-state index contributed by atoms with van der Waals surface area (Å²) in [5, 5.41) is 3.17. The normalized spacial score (nSPS) is 10.9. The second kappa shape index (κ2) is 5.64. The monoisotopic (exact) mass is 315 g/mol. The fraction of sp³-hybridized carbons (Fsp3) is 0.267. The molecule has 0 fully saturated rings. The number of nitrogens with one attached hydrogen (secondary N) is 2. The van der Waals surface area contributed by atoms with Crippen molar-refractivity contribution in [1.82, 2.24) is 19.1 Å². The van der Waals surface area contributed by atoms with E-state index in [-0.39, 0.29) is 0 Å². The lowest BCUT2D eigenvalue weighted by molar-refractivity contribution is 0.415. The second-order valence-electron chi connectivity index (χ2n) is 5.02. The maximum Gasteiger partial charge on any atom is 0.329 e. The van der Waals surface area contributed by atoms with Crippen LogP contribution in [0, 0.1) is 0 Å². The van der Waals surface area contributed by atoms with Crippen LogP contribution in [0.2, 0.25) is 0 Å². The smallest absolute Gasteiger partial charge is 0.329 e. The van der Waals surface area contributed by atoms with Crippen molar-refractivity contribution in [2.45, 2.75) is 13.5 Å². The number of ether oxygens (including phenoxy) is 1. The van der Waals surface area contributed by atoms with Crippen LogP contribution in [-0.4, -0.2) is 26.2 Å². The van der Waals surface area contributed by atoms with E-state index in [0.717, 1.165) is 11.4 Å². The molecule has 0 saturated heterocycles. The van der Waals surface area contributed by atoms with Gasteiger partial charge in [-0.1, -0.05) is 0 Å². The molecule has 0 atom stereocenters. The number of aromatic nitrogens is 4. The van der Waals surface area contributed by atoms with Crippen LogP contribution in [0.5, 0.6) is 5.75 Å². The minimum Gasteiger partial charge on any atom is -0.497 e. The first kappa shape index (κ1) is 14.9. The van der Waals surface area contributed by atoms with Gasteiger partial charge in [-0.3, -0.25) is 14.3 Å². The summed E-state index contributed by atoms with van der Waals surface area (Å²) in [4.78, 5) is 30.5. The number of benzene rings is 1. The Labute approximate surface area is 131 Å². The van der Waals surface area contributed by atoms with Gasteiger partial charge in [-0.15, -0.1) is 0 Å². The van der Waals surface area contributed by atoms with E-state index in [1.54, 1.807) is 18.7 Å². The van der Waals surface area contributed by atoms with Crippen molar-refractivity contribution >= 4 is 22.8 Å². The Morgan fingerprint density at radius 2 is 1.96 bits per heavy atom. The number of aryl methyl sites for hydroxylation is 2. The Kier molecular flexibility index (Phi) is 3.65. The molecular weight excluding hydrogens is 298 g/mol. The molecule has 2 heterocycles. The number of anilines is 2. The van der Waals surface area contributed by atoms with Gasteiger partial charge in [0.2, 0.25) is 5.95 Å². The quantitative estimate of drug-likeness (QED) is 0.754. The predicted molar refractivity (Wildman–Crippen MR) is 87.5 cm³/mol. The van der Waals surface area contributed by atoms with E-state index in [0.29, 0.717) is 23.7 Å². The van der Waals surface area contributed by atoms with Crippen LogP contribution < -0.4 is 21.3 Å². The lowest BCUT2D eigenvalue weighted by Gasteiger charge is -2.08. The molecule has 8 heteroatoms. The van der Waals surface area contributed by atoms with E-state index < -0.39 is 11.2 Å². The van der Waals surface area contributed by atoms with E-state index >= 15 is 0 Å². The number of hydrogen-bond acceptors (Lipinski definition) is 5. The van der Waals surface area contributed by atoms with Crippen molar-refractivity contribution in [2.75, 3.05) is 12.4 Å². The number of hydrogen-bond donors (Lipinski definition) is 2. The largest absolute Gasteiger partial charge is 0.497 e. The molecule has 0 amide bonds. The van der Waals surface area contributed by atoms with Crippen molar-refractivity contribution in [2.24, 2.45) is 7.05 Å². The van der Waals surface area contributed by atoms with Crippen LogP contribution in [0.15, 0.2) is 33.9 Å². The van der Waals surface area contributed by atoms with Crippen molar-refractivity contribution in [3.63, 3.8) is 0 Å². The zero-order chi connectivity index (χ0) is 16.6. The molecule has 0 unspecified atom stereocenters. The van der Waals surface area contributed by atoms with Crippen LogP contribution >= 0.6 is 0 Å². The Bertz CT molecular complexity index is 966. The molecule has 0 saturated carbocycles. The van der Waals surface area contributed by atoms with Gasteiger partial charge in [0.1, 0.15) is 5.75 Å². The molecule has 0 bridgehead atoms. The zero-order valence-electron chi connectivity index (χ0n) is 13.1. The summed E-state index contributed by atoms with van der Waals surface area (Å²) in [5.74, 6) is 1.25. The van der Waals surface area contributed by atoms with Gasteiger partial charge < -0.3 is 14.6 Å². The standard InChI is InChI=1S/C15H17N5O3/c1-4-20-11-12(19(2)15(22)18-13(11)21)17-14(20)16-9-5-7-10(23-3)8-6-9/h5-8H,4H2,1-3H3,(H,16,17)(H,18,21,22). The fourth-order valence-electron chi connectivity index (χ4n) is 2.44. The summed E-state index contributed by atoms with van der Waals surface area (Å²) < 4.78 is 8.18. The molecule has 2 N–H and O–H groups in total. The number of H-pyrrole nitrogens is 1. The Balaban J connectivity index is 2.13. The average Bonchev–Trinajstić information content (AvgIpc) is 2.92. The summed E-state index contributed by atoms with van der Waals surface area (Å²) >= 11 is 0. The molecule has 2 aromatic heterocycles. The van der Waals surface area contributed by atoms with Gasteiger partial charge in [0, 0.05) is 19.3 Å². The van der Waals surface area contributed by atoms with Crippen molar-refractivity contribution in [1.29, 1.82) is 0 Å². The third kappa shape index (κ3) is 2.48. The topological polar surface area (TPSA) is 93.9 Å². The average molecular weight is 315 g/mol. The molecular formula is C15H17N5O3. The van der Waals surface area contributed by atoms with Gasteiger partial charge in [-0.2, -0.15) is 4.98 Å². The summed E-state index contributed by atoms with van der Waals surface area (Å²) in [6.07, 6.45) is 0. The van der Waals surface area contributed by atoms with Gasteiger partial charge in [0.25, 0.3) is 5.56 Å². The molecule has 23 heavy (non-hydrogen) atoms. The molecule has 0 aliphatic carbocycles. The van der Waals surface area contributed by atoms with E-state index in [9.17, 15) is 9.59 Å². The van der Waals surface area contributed by atoms with Crippen LogP contribution in [-0.2, 0) is 13.6 Å². The Morgan fingerprint density at radius 1 is 1.26 bits per heavy atom.